The molecule has 2 aliphatic heterocycles. The van der Waals surface area contributed by atoms with Crippen molar-refractivity contribution in [2.75, 3.05) is 19.7 Å². The van der Waals surface area contributed by atoms with E-state index in [0.29, 0.717) is 6.61 Å². The van der Waals surface area contributed by atoms with E-state index in [-0.39, 0.29) is 17.4 Å². The lowest BCUT2D eigenvalue weighted by molar-refractivity contribution is -0.158. The number of nitrogens with one attached hydrogen (secondary N) is 1. The molecule has 0 unspecified atom stereocenters. The topological polar surface area (TPSA) is 45.3 Å². The third-order valence-corrected chi connectivity index (χ3v) is 5.78. The standard InChI is InChI=1S/C19H24N2O2/c1-3-23-18(22)15-8-6-11-21-12-10-14-13-7-4-5-9-16(13)20-17(14)19(15,21)2/h4-5,7,9,15,20H,3,6,8,10-12H2,1-2H3/t15-,19+/m0/s1. The molecule has 4 rings (SSSR count). The van der Waals surface area contributed by atoms with Gasteiger partial charge in [0.05, 0.1) is 18.1 Å². The Labute approximate surface area is 136 Å². The molecule has 2 aliphatic rings. The van der Waals surface area contributed by atoms with Crippen LogP contribution in [0.2, 0.25) is 0 Å². The Balaban J connectivity index is 1.87. The summed E-state index contributed by atoms with van der Waals surface area (Å²) in [5.74, 6) is -0.144. The predicted molar refractivity (Wildman–Crippen MR) is 90.3 cm³/mol. The van der Waals surface area contributed by atoms with Crippen molar-refractivity contribution in [1.29, 1.82) is 0 Å². The Morgan fingerprint density at radius 3 is 3.04 bits per heavy atom. The Hall–Kier alpha value is -1.81. The largest absolute Gasteiger partial charge is 0.466 e. The monoisotopic (exact) mass is 312 g/mol. The van der Waals surface area contributed by atoms with Crippen LogP contribution >= 0.6 is 0 Å². The first-order chi connectivity index (χ1) is 11.2. The molecule has 0 bridgehead atoms. The normalized spacial score (nSPS) is 27.5. The maximum Gasteiger partial charge on any atom is 0.311 e. The minimum Gasteiger partial charge on any atom is -0.466 e. The Kier molecular flexibility index (Phi) is 3.45. The lowest BCUT2D eigenvalue weighted by Gasteiger charge is -2.51. The number of ether oxygens (including phenoxy) is 1. The summed E-state index contributed by atoms with van der Waals surface area (Å²) < 4.78 is 5.41. The van der Waals surface area contributed by atoms with Gasteiger partial charge in [-0.25, -0.2) is 0 Å². The summed E-state index contributed by atoms with van der Waals surface area (Å²) in [5.41, 5.74) is 3.50. The summed E-state index contributed by atoms with van der Waals surface area (Å²) in [7, 11) is 0. The van der Waals surface area contributed by atoms with E-state index in [1.807, 2.05) is 6.92 Å². The van der Waals surface area contributed by atoms with Crippen LogP contribution in [0.1, 0.15) is 37.9 Å². The number of hydrogen-bond donors (Lipinski definition) is 1. The molecule has 1 aromatic carbocycles. The molecule has 3 heterocycles. The van der Waals surface area contributed by atoms with Crippen molar-refractivity contribution in [3.05, 3.63) is 35.5 Å². The molecule has 23 heavy (non-hydrogen) atoms. The van der Waals surface area contributed by atoms with Gasteiger partial charge in [-0.2, -0.15) is 0 Å². The second kappa shape index (κ2) is 5.38. The maximum atomic E-state index is 12.6. The minimum atomic E-state index is -0.281. The number of H-pyrrole nitrogens is 1. The summed E-state index contributed by atoms with van der Waals surface area (Å²) in [6, 6.07) is 8.47. The van der Waals surface area contributed by atoms with Gasteiger partial charge in [0.15, 0.2) is 0 Å². The molecule has 1 saturated heterocycles. The minimum absolute atomic E-state index is 0.0498. The van der Waals surface area contributed by atoms with E-state index in [1.54, 1.807) is 0 Å². The van der Waals surface area contributed by atoms with Gasteiger partial charge in [-0.1, -0.05) is 18.2 Å². The smallest absolute Gasteiger partial charge is 0.311 e. The van der Waals surface area contributed by atoms with Gasteiger partial charge in [-0.15, -0.1) is 0 Å². The van der Waals surface area contributed by atoms with E-state index in [4.69, 9.17) is 4.74 Å². The summed E-state index contributed by atoms with van der Waals surface area (Å²) in [4.78, 5) is 18.7. The number of benzene rings is 1. The van der Waals surface area contributed by atoms with Gasteiger partial charge in [0.25, 0.3) is 0 Å². The fourth-order valence-corrected chi connectivity index (χ4v) is 4.63. The molecule has 0 spiro atoms. The number of aromatic amines is 1. The van der Waals surface area contributed by atoms with Crippen LogP contribution in [-0.4, -0.2) is 35.5 Å². The Bertz CT molecular complexity index is 751. The molecule has 2 atom stereocenters. The molecule has 0 aliphatic carbocycles. The van der Waals surface area contributed by atoms with Crippen molar-refractivity contribution >= 4 is 16.9 Å². The highest BCUT2D eigenvalue weighted by molar-refractivity contribution is 5.86. The van der Waals surface area contributed by atoms with E-state index in [9.17, 15) is 4.79 Å². The van der Waals surface area contributed by atoms with Crippen molar-refractivity contribution in [2.24, 2.45) is 5.92 Å². The molecule has 4 heteroatoms. The number of aromatic nitrogens is 1. The summed E-state index contributed by atoms with van der Waals surface area (Å²) in [6.45, 7) is 6.63. The van der Waals surface area contributed by atoms with E-state index in [0.717, 1.165) is 32.4 Å². The average molecular weight is 312 g/mol. The fourth-order valence-electron chi connectivity index (χ4n) is 4.63. The maximum absolute atomic E-state index is 12.6. The van der Waals surface area contributed by atoms with Gasteiger partial charge in [-0.05, 0) is 51.3 Å². The van der Waals surface area contributed by atoms with Gasteiger partial charge in [-0.3, -0.25) is 9.69 Å². The molecule has 1 fully saturated rings. The number of carbonyl (C=O) groups excluding carboxylic acids is 1. The quantitative estimate of drug-likeness (QED) is 0.866. The summed E-state index contributed by atoms with van der Waals surface area (Å²) >= 11 is 0. The van der Waals surface area contributed by atoms with Crippen molar-refractivity contribution in [1.82, 2.24) is 9.88 Å². The zero-order valence-corrected chi connectivity index (χ0v) is 13.9. The van der Waals surface area contributed by atoms with Crippen LogP contribution in [0.15, 0.2) is 24.3 Å². The molecule has 1 aromatic heterocycles. The highest BCUT2D eigenvalue weighted by Crippen LogP contribution is 2.47. The third-order valence-electron chi connectivity index (χ3n) is 5.78. The molecule has 122 valence electrons. The Morgan fingerprint density at radius 2 is 2.22 bits per heavy atom. The average Bonchev–Trinajstić information content (AvgIpc) is 2.94. The lowest BCUT2D eigenvalue weighted by atomic mass is 9.72. The predicted octanol–water partition coefficient (Wildman–Crippen LogP) is 3.21. The number of fused-ring (bicyclic) bond motifs is 5. The van der Waals surface area contributed by atoms with Gasteiger partial charge >= 0.3 is 5.97 Å². The first-order valence-electron chi connectivity index (χ1n) is 8.68. The lowest BCUT2D eigenvalue weighted by Crippen LogP contribution is -2.58. The Morgan fingerprint density at radius 1 is 1.39 bits per heavy atom. The van der Waals surface area contributed by atoms with Gasteiger partial charge in [0.1, 0.15) is 0 Å². The van der Waals surface area contributed by atoms with Crippen LogP contribution in [0.4, 0.5) is 0 Å². The van der Waals surface area contributed by atoms with Gasteiger partial charge < -0.3 is 9.72 Å². The van der Waals surface area contributed by atoms with E-state index in [2.05, 4.69) is 41.1 Å². The number of piperidine rings is 1. The number of hydrogen-bond acceptors (Lipinski definition) is 3. The molecule has 4 nitrogen and oxygen atoms in total. The molecule has 2 aromatic rings. The fraction of sp³-hybridized carbons (Fsp3) is 0.526. The molecule has 0 saturated carbocycles. The number of esters is 1. The van der Waals surface area contributed by atoms with Crippen molar-refractivity contribution in [2.45, 2.75) is 38.6 Å². The first kappa shape index (κ1) is 14.8. The zero-order valence-electron chi connectivity index (χ0n) is 13.9. The SMILES string of the molecule is CCOC(=O)[C@@H]1CCCN2CCc3c([nH]c4ccccc34)[C@@]12C. The summed E-state index contributed by atoms with van der Waals surface area (Å²) in [6.07, 6.45) is 3.01. The molecular formula is C19H24N2O2. The van der Waals surface area contributed by atoms with Crippen LogP contribution in [0.3, 0.4) is 0 Å². The van der Waals surface area contributed by atoms with E-state index < -0.39 is 0 Å². The van der Waals surface area contributed by atoms with Crippen molar-refractivity contribution < 1.29 is 9.53 Å². The van der Waals surface area contributed by atoms with Crippen molar-refractivity contribution in [3.8, 4) is 0 Å². The van der Waals surface area contributed by atoms with Crippen LogP contribution in [0, 0.1) is 5.92 Å². The van der Waals surface area contributed by atoms with Crippen LogP contribution in [-0.2, 0) is 21.5 Å². The van der Waals surface area contributed by atoms with Gasteiger partial charge in [0.2, 0.25) is 0 Å². The van der Waals surface area contributed by atoms with Crippen LogP contribution in [0.25, 0.3) is 10.9 Å². The molecule has 0 amide bonds. The van der Waals surface area contributed by atoms with E-state index in [1.165, 1.54) is 22.2 Å². The van der Waals surface area contributed by atoms with Gasteiger partial charge in [0, 0.05) is 23.1 Å². The molecule has 1 N–H and O–H groups in total. The highest BCUT2D eigenvalue weighted by atomic mass is 16.5. The van der Waals surface area contributed by atoms with E-state index >= 15 is 0 Å². The van der Waals surface area contributed by atoms with Crippen LogP contribution in [0.5, 0.6) is 0 Å². The highest BCUT2D eigenvalue weighted by Gasteiger charge is 2.51. The molecular weight excluding hydrogens is 288 g/mol. The third kappa shape index (κ3) is 2.04. The number of para-hydroxylation sites is 1. The number of carbonyl (C=O) groups is 1. The summed E-state index contributed by atoms with van der Waals surface area (Å²) in [5, 5.41) is 1.30. The zero-order chi connectivity index (χ0) is 16.0. The first-order valence-corrected chi connectivity index (χ1v) is 8.68. The molecule has 0 radical (unpaired) electrons. The van der Waals surface area contributed by atoms with Crippen LogP contribution < -0.4 is 0 Å². The second-order valence-corrected chi connectivity index (χ2v) is 6.86. The van der Waals surface area contributed by atoms with Crippen molar-refractivity contribution in [3.63, 3.8) is 0 Å². The number of nitrogens with zero attached hydrogens (tertiary/aromatic N) is 1. The number of rotatable bonds is 2. The second-order valence-electron chi connectivity index (χ2n) is 6.86.